The molecule has 2 heteroatoms. The molecule has 0 aliphatic rings. The van der Waals surface area contributed by atoms with Crippen molar-refractivity contribution < 1.29 is 5.11 Å². The quantitative estimate of drug-likeness (QED) is 0.802. The van der Waals surface area contributed by atoms with Gasteiger partial charge in [-0.25, -0.2) is 0 Å². The Morgan fingerprint density at radius 1 is 0.818 bits per heavy atom. The average Bonchev–Trinajstić information content (AvgIpc) is 2.48. The number of aliphatic hydroxyl groups excluding tert-OH is 1. The molecular formula is C20H27NO. The van der Waals surface area contributed by atoms with Crippen LogP contribution < -0.4 is 0 Å². The minimum atomic E-state index is -0.329. The predicted octanol–water partition coefficient (Wildman–Crippen LogP) is 3.75. The van der Waals surface area contributed by atoms with E-state index in [2.05, 4.69) is 55.1 Å². The molecule has 0 aliphatic heterocycles. The second-order valence-corrected chi connectivity index (χ2v) is 6.42. The van der Waals surface area contributed by atoms with E-state index >= 15 is 0 Å². The summed E-state index contributed by atoms with van der Waals surface area (Å²) in [6.45, 7) is 7.05. The Morgan fingerprint density at radius 3 is 1.91 bits per heavy atom. The molecule has 0 unspecified atom stereocenters. The zero-order valence-electron chi connectivity index (χ0n) is 13.7. The summed E-state index contributed by atoms with van der Waals surface area (Å²) < 4.78 is 0. The second kappa shape index (κ2) is 8.72. The highest BCUT2D eigenvalue weighted by atomic mass is 16.3. The smallest absolute Gasteiger partial charge is 0.0707 e. The number of hydrogen-bond acceptors (Lipinski definition) is 2. The van der Waals surface area contributed by atoms with E-state index in [1.807, 2.05) is 24.3 Å². The molecule has 118 valence electrons. The van der Waals surface area contributed by atoms with Crippen molar-refractivity contribution in [2.75, 3.05) is 13.1 Å². The Bertz CT molecular complexity index is 524. The van der Waals surface area contributed by atoms with Crippen molar-refractivity contribution in [3.8, 4) is 0 Å². The lowest BCUT2D eigenvalue weighted by Gasteiger charge is -2.27. The molecule has 0 heterocycles. The molecule has 0 saturated carbocycles. The Morgan fingerprint density at radius 2 is 1.36 bits per heavy atom. The molecule has 0 aromatic heterocycles. The molecule has 0 spiro atoms. The lowest BCUT2D eigenvalue weighted by Crippen LogP contribution is -2.35. The monoisotopic (exact) mass is 297 g/mol. The van der Waals surface area contributed by atoms with Gasteiger partial charge < -0.3 is 5.11 Å². The van der Waals surface area contributed by atoms with Gasteiger partial charge in [0, 0.05) is 19.6 Å². The van der Waals surface area contributed by atoms with Gasteiger partial charge >= 0.3 is 0 Å². The fourth-order valence-corrected chi connectivity index (χ4v) is 2.81. The third-order valence-corrected chi connectivity index (χ3v) is 3.66. The molecule has 0 saturated heterocycles. The van der Waals surface area contributed by atoms with Crippen LogP contribution in [0.25, 0.3) is 0 Å². The Labute approximate surface area is 134 Å². The van der Waals surface area contributed by atoms with Crippen molar-refractivity contribution >= 4 is 0 Å². The van der Waals surface area contributed by atoms with Crippen LogP contribution in [0.1, 0.15) is 25.0 Å². The van der Waals surface area contributed by atoms with Gasteiger partial charge in [-0.3, -0.25) is 4.90 Å². The third-order valence-electron chi connectivity index (χ3n) is 3.66. The number of aliphatic hydroxyl groups is 1. The molecule has 1 atom stereocenters. The summed E-state index contributed by atoms with van der Waals surface area (Å²) in [5, 5.41) is 10.4. The van der Waals surface area contributed by atoms with Crippen LogP contribution in [-0.4, -0.2) is 29.2 Å². The van der Waals surface area contributed by atoms with Crippen molar-refractivity contribution in [2.45, 2.75) is 32.9 Å². The van der Waals surface area contributed by atoms with E-state index in [4.69, 9.17) is 0 Å². The number of benzene rings is 2. The summed E-state index contributed by atoms with van der Waals surface area (Å²) in [4.78, 5) is 2.35. The van der Waals surface area contributed by atoms with Gasteiger partial charge in [-0.2, -0.15) is 0 Å². The minimum Gasteiger partial charge on any atom is -0.391 e. The van der Waals surface area contributed by atoms with Crippen LogP contribution in [0.5, 0.6) is 0 Å². The summed E-state index contributed by atoms with van der Waals surface area (Å²) in [5.41, 5.74) is 2.49. The van der Waals surface area contributed by atoms with Gasteiger partial charge in [0.25, 0.3) is 0 Å². The van der Waals surface area contributed by atoms with Gasteiger partial charge in [-0.15, -0.1) is 0 Å². The first-order valence-corrected chi connectivity index (χ1v) is 8.11. The Kier molecular flexibility index (Phi) is 6.63. The van der Waals surface area contributed by atoms with Crippen molar-refractivity contribution in [3.05, 3.63) is 71.8 Å². The summed E-state index contributed by atoms with van der Waals surface area (Å²) in [6.07, 6.45) is 0.384. The fraction of sp³-hybridized carbons (Fsp3) is 0.400. The number of hydrogen-bond donors (Lipinski definition) is 1. The molecule has 0 aliphatic carbocycles. The molecule has 2 rings (SSSR count). The van der Waals surface area contributed by atoms with Crippen LogP contribution in [0.3, 0.4) is 0 Å². The molecule has 1 N–H and O–H groups in total. The van der Waals surface area contributed by atoms with E-state index in [-0.39, 0.29) is 6.10 Å². The molecule has 2 nitrogen and oxygen atoms in total. The molecule has 0 radical (unpaired) electrons. The van der Waals surface area contributed by atoms with Gasteiger partial charge in [0.05, 0.1) is 6.10 Å². The van der Waals surface area contributed by atoms with Crippen LogP contribution in [0.2, 0.25) is 0 Å². The third kappa shape index (κ3) is 6.00. The number of nitrogens with zero attached hydrogens (tertiary/aromatic N) is 1. The van der Waals surface area contributed by atoms with Crippen molar-refractivity contribution in [1.29, 1.82) is 0 Å². The summed E-state index contributed by atoms with van der Waals surface area (Å²) in [7, 11) is 0. The summed E-state index contributed by atoms with van der Waals surface area (Å²) >= 11 is 0. The Balaban J connectivity index is 1.93. The van der Waals surface area contributed by atoms with Crippen LogP contribution in [0, 0.1) is 5.92 Å². The first-order chi connectivity index (χ1) is 10.6. The van der Waals surface area contributed by atoms with E-state index in [1.165, 1.54) is 11.1 Å². The highest BCUT2D eigenvalue weighted by Crippen LogP contribution is 2.10. The Hall–Kier alpha value is -1.64. The van der Waals surface area contributed by atoms with E-state index in [1.54, 1.807) is 0 Å². The standard InChI is InChI=1S/C20H27NO/c1-17(2)14-21(15-19-11-7-4-8-12-19)16-20(22)13-18-9-5-3-6-10-18/h3-12,17,20,22H,13-16H2,1-2H3/t20-/m1/s1. The van der Waals surface area contributed by atoms with Crippen LogP contribution in [-0.2, 0) is 13.0 Å². The van der Waals surface area contributed by atoms with Crippen molar-refractivity contribution in [1.82, 2.24) is 4.90 Å². The first kappa shape index (κ1) is 16.7. The summed E-state index contributed by atoms with van der Waals surface area (Å²) in [5.74, 6) is 0.590. The van der Waals surface area contributed by atoms with Gasteiger partial charge in [-0.05, 0) is 23.5 Å². The van der Waals surface area contributed by atoms with Crippen LogP contribution >= 0.6 is 0 Å². The normalized spacial score (nSPS) is 12.8. The maximum Gasteiger partial charge on any atom is 0.0707 e. The van der Waals surface area contributed by atoms with Crippen LogP contribution in [0.15, 0.2) is 60.7 Å². The second-order valence-electron chi connectivity index (χ2n) is 6.42. The topological polar surface area (TPSA) is 23.5 Å². The highest BCUT2D eigenvalue weighted by molar-refractivity contribution is 5.16. The largest absolute Gasteiger partial charge is 0.391 e. The van der Waals surface area contributed by atoms with E-state index in [0.29, 0.717) is 18.9 Å². The van der Waals surface area contributed by atoms with Gasteiger partial charge in [-0.1, -0.05) is 74.5 Å². The zero-order chi connectivity index (χ0) is 15.8. The molecule has 22 heavy (non-hydrogen) atoms. The maximum absolute atomic E-state index is 10.4. The van der Waals surface area contributed by atoms with Crippen LogP contribution in [0.4, 0.5) is 0 Å². The fourth-order valence-electron chi connectivity index (χ4n) is 2.81. The predicted molar refractivity (Wildman–Crippen MR) is 92.7 cm³/mol. The van der Waals surface area contributed by atoms with E-state index < -0.39 is 0 Å². The van der Waals surface area contributed by atoms with E-state index in [0.717, 1.165) is 13.1 Å². The lowest BCUT2D eigenvalue weighted by molar-refractivity contribution is 0.102. The lowest BCUT2D eigenvalue weighted by atomic mass is 10.1. The molecule has 2 aromatic rings. The van der Waals surface area contributed by atoms with Gasteiger partial charge in [0.2, 0.25) is 0 Å². The number of rotatable bonds is 8. The van der Waals surface area contributed by atoms with Gasteiger partial charge in [0.1, 0.15) is 0 Å². The van der Waals surface area contributed by atoms with Gasteiger partial charge in [0.15, 0.2) is 0 Å². The van der Waals surface area contributed by atoms with Crippen molar-refractivity contribution in [2.24, 2.45) is 5.92 Å². The maximum atomic E-state index is 10.4. The first-order valence-electron chi connectivity index (χ1n) is 8.11. The minimum absolute atomic E-state index is 0.329. The highest BCUT2D eigenvalue weighted by Gasteiger charge is 2.14. The molecule has 0 fully saturated rings. The zero-order valence-corrected chi connectivity index (χ0v) is 13.7. The molecule has 0 amide bonds. The molecule has 2 aromatic carbocycles. The average molecular weight is 297 g/mol. The molecule has 0 bridgehead atoms. The van der Waals surface area contributed by atoms with E-state index in [9.17, 15) is 5.11 Å². The SMILES string of the molecule is CC(C)CN(Cc1ccccc1)C[C@H](O)Cc1ccccc1. The molecular weight excluding hydrogens is 270 g/mol. The van der Waals surface area contributed by atoms with Crippen molar-refractivity contribution in [3.63, 3.8) is 0 Å². The summed E-state index contributed by atoms with van der Waals surface area (Å²) in [6, 6.07) is 20.7.